The van der Waals surface area contributed by atoms with E-state index in [9.17, 15) is 9.18 Å². The van der Waals surface area contributed by atoms with Crippen molar-refractivity contribution >= 4 is 23.5 Å². The van der Waals surface area contributed by atoms with Gasteiger partial charge >= 0.3 is 0 Å². The summed E-state index contributed by atoms with van der Waals surface area (Å²) in [7, 11) is 0. The van der Waals surface area contributed by atoms with E-state index in [1.807, 2.05) is 6.07 Å². The number of thioether (sulfide) groups is 1. The molecule has 1 heterocycles. The fourth-order valence-corrected chi connectivity index (χ4v) is 2.30. The summed E-state index contributed by atoms with van der Waals surface area (Å²) in [6, 6.07) is 7.74. The number of nitrogens with zero attached hydrogens (tertiary/aromatic N) is 1. The normalized spacial score (nSPS) is 10.4. The number of anilines is 1. The topological polar surface area (TPSA) is 82.0 Å². The molecule has 1 amide bonds. The first-order valence-electron chi connectivity index (χ1n) is 5.49. The van der Waals surface area contributed by atoms with E-state index in [1.165, 1.54) is 17.8 Å². The Hall–Kier alpha value is -2.08. The number of amides is 1. The zero-order chi connectivity index (χ0) is 13.8. The minimum absolute atomic E-state index is 0.167. The number of nitrogen functional groups attached to an aromatic ring is 1. The number of carbonyl (C=O) groups excluding carboxylic acids is 1. The van der Waals surface area contributed by atoms with E-state index < -0.39 is 11.7 Å². The Labute approximate surface area is 114 Å². The molecule has 6 heteroatoms. The first kappa shape index (κ1) is 13.4. The van der Waals surface area contributed by atoms with Crippen LogP contribution >= 0.6 is 11.8 Å². The van der Waals surface area contributed by atoms with E-state index in [-0.39, 0.29) is 5.56 Å². The highest BCUT2D eigenvalue weighted by atomic mass is 32.2. The summed E-state index contributed by atoms with van der Waals surface area (Å²) in [5, 5.41) is 0. The fraction of sp³-hybridized carbons (Fsp3) is 0.0769. The highest BCUT2D eigenvalue weighted by Crippen LogP contribution is 2.24. The average Bonchev–Trinajstić information content (AvgIpc) is 2.39. The molecule has 0 unspecified atom stereocenters. The Bertz CT molecular complexity index is 601. The number of carbonyl (C=O) groups is 1. The molecule has 0 saturated carbocycles. The average molecular weight is 277 g/mol. The molecule has 0 atom stereocenters. The van der Waals surface area contributed by atoms with Gasteiger partial charge in [-0.15, -0.1) is 11.8 Å². The molecule has 1 aromatic heterocycles. The molecule has 4 nitrogen and oxygen atoms in total. The zero-order valence-electron chi connectivity index (χ0n) is 9.97. The lowest BCUT2D eigenvalue weighted by atomic mass is 10.1. The van der Waals surface area contributed by atoms with Crippen molar-refractivity contribution in [3.8, 4) is 0 Å². The Morgan fingerprint density at radius 1 is 1.32 bits per heavy atom. The van der Waals surface area contributed by atoms with Crippen molar-refractivity contribution in [2.24, 2.45) is 5.73 Å². The summed E-state index contributed by atoms with van der Waals surface area (Å²) in [4.78, 5) is 15.8. The van der Waals surface area contributed by atoms with Crippen molar-refractivity contribution in [2.75, 3.05) is 5.73 Å². The third-order valence-electron chi connectivity index (χ3n) is 2.49. The van der Waals surface area contributed by atoms with Crippen molar-refractivity contribution in [3.05, 3.63) is 53.5 Å². The van der Waals surface area contributed by atoms with Gasteiger partial charge in [0.25, 0.3) is 0 Å². The molecule has 0 fully saturated rings. The van der Waals surface area contributed by atoms with Crippen LogP contribution in [0.4, 0.5) is 10.2 Å². The molecule has 0 bridgehead atoms. The van der Waals surface area contributed by atoms with Gasteiger partial charge in [0.1, 0.15) is 11.6 Å². The summed E-state index contributed by atoms with van der Waals surface area (Å²) in [5.74, 6) is -0.189. The lowest BCUT2D eigenvalue weighted by Gasteiger charge is -2.05. The van der Waals surface area contributed by atoms with Crippen LogP contribution in [0.2, 0.25) is 0 Å². The minimum Gasteiger partial charge on any atom is -0.384 e. The van der Waals surface area contributed by atoms with Crippen LogP contribution in [-0.4, -0.2) is 10.9 Å². The van der Waals surface area contributed by atoms with Gasteiger partial charge in [-0.1, -0.05) is 6.07 Å². The van der Waals surface area contributed by atoms with Crippen LogP contribution in [0.1, 0.15) is 15.9 Å². The Kier molecular flexibility index (Phi) is 4.01. The molecule has 4 N–H and O–H groups in total. The summed E-state index contributed by atoms with van der Waals surface area (Å²) in [6.07, 6.45) is 1.63. The van der Waals surface area contributed by atoms with Gasteiger partial charge in [-0.2, -0.15) is 0 Å². The quantitative estimate of drug-likeness (QED) is 0.839. The largest absolute Gasteiger partial charge is 0.384 e. The van der Waals surface area contributed by atoms with Gasteiger partial charge in [-0.3, -0.25) is 4.79 Å². The monoisotopic (exact) mass is 277 g/mol. The van der Waals surface area contributed by atoms with Crippen molar-refractivity contribution in [1.29, 1.82) is 0 Å². The van der Waals surface area contributed by atoms with Crippen LogP contribution in [0.3, 0.4) is 0 Å². The maximum atomic E-state index is 13.7. The second-order valence-corrected chi connectivity index (χ2v) is 4.93. The molecule has 0 radical (unpaired) electrons. The number of hydrogen-bond donors (Lipinski definition) is 2. The van der Waals surface area contributed by atoms with Gasteiger partial charge in [0.2, 0.25) is 5.91 Å². The SMILES string of the molecule is NC(=O)c1ccc(CSc2ccc(N)nc2)c(F)c1. The van der Waals surface area contributed by atoms with Crippen molar-refractivity contribution in [2.45, 2.75) is 10.6 Å². The van der Waals surface area contributed by atoms with Gasteiger partial charge in [0, 0.05) is 22.4 Å². The summed E-state index contributed by atoms with van der Waals surface area (Å²) in [5.41, 5.74) is 11.2. The van der Waals surface area contributed by atoms with E-state index in [0.717, 1.165) is 11.0 Å². The van der Waals surface area contributed by atoms with Crippen LogP contribution in [0.25, 0.3) is 0 Å². The van der Waals surface area contributed by atoms with E-state index >= 15 is 0 Å². The lowest BCUT2D eigenvalue weighted by Crippen LogP contribution is -2.11. The number of rotatable bonds is 4. The maximum Gasteiger partial charge on any atom is 0.248 e. The zero-order valence-corrected chi connectivity index (χ0v) is 10.8. The molecule has 0 aliphatic heterocycles. The molecule has 98 valence electrons. The second-order valence-electron chi connectivity index (χ2n) is 3.88. The number of primary amides is 1. The van der Waals surface area contributed by atoms with Crippen LogP contribution in [-0.2, 0) is 5.75 Å². The third-order valence-corrected chi connectivity index (χ3v) is 3.52. The standard InChI is InChI=1S/C13H12FN3OS/c14-11-5-8(13(16)18)1-2-9(11)7-19-10-3-4-12(15)17-6-10/h1-6H,7H2,(H2,15,17)(H2,16,18). The molecular weight excluding hydrogens is 265 g/mol. The first-order valence-corrected chi connectivity index (χ1v) is 6.47. The van der Waals surface area contributed by atoms with E-state index in [4.69, 9.17) is 11.5 Å². The van der Waals surface area contributed by atoms with E-state index in [1.54, 1.807) is 18.3 Å². The molecule has 2 rings (SSSR count). The van der Waals surface area contributed by atoms with E-state index in [0.29, 0.717) is 17.1 Å². The predicted octanol–water partition coefficient (Wildman–Crippen LogP) is 2.19. The van der Waals surface area contributed by atoms with Crippen LogP contribution < -0.4 is 11.5 Å². The highest BCUT2D eigenvalue weighted by Gasteiger charge is 2.07. The number of hydrogen-bond acceptors (Lipinski definition) is 4. The molecule has 0 spiro atoms. The van der Waals surface area contributed by atoms with Gasteiger partial charge in [0.15, 0.2) is 0 Å². The van der Waals surface area contributed by atoms with Gasteiger partial charge in [0.05, 0.1) is 0 Å². The number of pyridine rings is 1. The Balaban J connectivity index is 2.07. The number of nitrogens with two attached hydrogens (primary N) is 2. The van der Waals surface area contributed by atoms with Crippen LogP contribution in [0.5, 0.6) is 0 Å². The second kappa shape index (κ2) is 5.71. The van der Waals surface area contributed by atoms with E-state index in [2.05, 4.69) is 4.98 Å². The summed E-state index contributed by atoms with van der Waals surface area (Å²) in [6.45, 7) is 0. The molecule has 19 heavy (non-hydrogen) atoms. The summed E-state index contributed by atoms with van der Waals surface area (Å²) < 4.78 is 13.7. The maximum absolute atomic E-state index is 13.7. The number of benzene rings is 1. The Morgan fingerprint density at radius 2 is 2.11 bits per heavy atom. The molecule has 0 aliphatic rings. The fourth-order valence-electron chi connectivity index (χ4n) is 1.46. The number of aromatic nitrogens is 1. The summed E-state index contributed by atoms with van der Waals surface area (Å²) >= 11 is 1.44. The molecule has 0 saturated heterocycles. The molecule has 1 aromatic carbocycles. The highest BCUT2D eigenvalue weighted by molar-refractivity contribution is 7.98. The minimum atomic E-state index is -0.638. The van der Waals surface area contributed by atoms with Crippen molar-refractivity contribution < 1.29 is 9.18 Å². The third kappa shape index (κ3) is 3.45. The van der Waals surface area contributed by atoms with Gasteiger partial charge in [-0.25, -0.2) is 9.37 Å². The van der Waals surface area contributed by atoms with Crippen molar-refractivity contribution in [3.63, 3.8) is 0 Å². The predicted molar refractivity (Wildman–Crippen MR) is 73.1 cm³/mol. The van der Waals surface area contributed by atoms with Crippen LogP contribution in [0.15, 0.2) is 41.4 Å². The lowest BCUT2D eigenvalue weighted by molar-refractivity contribution is 0.1000. The smallest absolute Gasteiger partial charge is 0.248 e. The molecular formula is C13H12FN3OS. The van der Waals surface area contributed by atoms with Crippen molar-refractivity contribution in [1.82, 2.24) is 4.98 Å². The van der Waals surface area contributed by atoms with Gasteiger partial charge < -0.3 is 11.5 Å². The molecule has 2 aromatic rings. The first-order chi connectivity index (χ1) is 9.06. The number of halogens is 1. The van der Waals surface area contributed by atoms with Gasteiger partial charge in [-0.05, 0) is 29.8 Å². The molecule has 0 aliphatic carbocycles. The van der Waals surface area contributed by atoms with Crippen LogP contribution in [0, 0.1) is 5.82 Å². The Morgan fingerprint density at radius 3 is 2.68 bits per heavy atom.